The van der Waals surface area contributed by atoms with Gasteiger partial charge in [0.05, 0.1) is 17.6 Å². The number of fused-ring (bicyclic) bond motifs is 1. The fourth-order valence-electron chi connectivity index (χ4n) is 2.27. The zero-order valence-corrected chi connectivity index (χ0v) is 13.4. The number of rotatable bonds is 5. The zero-order valence-electron chi connectivity index (χ0n) is 13.4. The van der Waals surface area contributed by atoms with Gasteiger partial charge in [-0.25, -0.2) is 4.98 Å². The summed E-state index contributed by atoms with van der Waals surface area (Å²) >= 11 is 0. The molecule has 0 aliphatic heterocycles. The quantitative estimate of drug-likeness (QED) is 0.839. The first-order valence-electron chi connectivity index (χ1n) is 7.18. The second kappa shape index (κ2) is 6.70. The van der Waals surface area contributed by atoms with Gasteiger partial charge < -0.3 is 10.1 Å². The number of nitrogens with zero attached hydrogens (tertiary/aromatic N) is 2. The number of carbonyl (C=O) groups excluding carboxylic acids is 1. The first-order chi connectivity index (χ1) is 10.4. The Kier molecular flexibility index (Phi) is 4.92. The minimum atomic E-state index is -0.238. The summed E-state index contributed by atoms with van der Waals surface area (Å²) in [6, 6.07) is 3.84. The number of benzene rings is 1. The number of amides is 1. The largest absolute Gasteiger partial charge is 0.383 e. The van der Waals surface area contributed by atoms with Crippen LogP contribution in [0.15, 0.2) is 16.9 Å². The molecule has 0 aliphatic rings. The lowest BCUT2D eigenvalue weighted by Gasteiger charge is -2.13. The Bertz CT molecular complexity index is 765. The fraction of sp³-hybridized carbons (Fsp3) is 0.438. The predicted octanol–water partition coefficient (Wildman–Crippen LogP) is 1.08. The van der Waals surface area contributed by atoms with Crippen LogP contribution in [-0.2, 0) is 16.1 Å². The van der Waals surface area contributed by atoms with Crippen LogP contribution in [0.5, 0.6) is 0 Å². The molecule has 0 spiro atoms. The Balaban J connectivity index is 2.43. The highest BCUT2D eigenvalue weighted by atomic mass is 16.5. The molecule has 22 heavy (non-hydrogen) atoms. The number of ether oxygens (including phenoxy) is 1. The van der Waals surface area contributed by atoms with Crippen LogP contribution in [0.1, 0.15) is 16.8 Å². The van der Waals surface area contributed by atoms with Crippen molar-refractivity contribution in [2.45, 2.75) is 27.3 Å². The van der Waals surface area contributed by atoms with Crippen molar-refractivity contribution in [3.8, 4) is 0 Å². The molecule has 0 unspecified atom stereocenters. The SMILES string of the molecule is COCCNC(=O)Cn1c(=O)c(C)nc2cc(C)c(C)cc21. The molecule has 1 heterocycles. The van der Waals surface area contributed by atoms with Crippen LogP contribution in [0.4, 0.5) is 0 Å². The summed E-state index contributed by atoms with van der Waals surface area (Å²) in [4.78, 5) is 28.7. The molecule has 0 atom stereocenters. The predicted molar refractivity (Wildman–Crippen MR) is 85.1 cm³/mol. The highest BCUT2D eigenvalue weighted by molar-refractivity contribution is 5.81. The first-order valence-corrected chi connectivity index (χ1v) is 7.18. The van der Waals surface area contributed by atoms with Crippen molar-refractivity contribution in [2.24, 2.45) is 0 Å². The molecule has 0 saturated carbocycles. The molecule has 2 rings (SSSR count). The zero-order chi connectivity index (χ0) is 16.3. The third kappa shape index (κ3) is 3.33. The molecule has 6 nitrogen and oxygen atoms in total. The third-order valence-electron chi connectivity index (χ3n) is 3.65. The lowest BCUT2D eigenvalue weighted by Crippen LogP contribution is -2.35. The lowest BCUT2D eigenvalue weighted by molar-refractivity contribution is -0.121. The summed E-state index contributed by atoms with van der Waals surface area (Å²) in [5, 5.41) is 2.73. The summed E-state index contributed by atoms with van der Waals surface area (Å²) in [6.07, 6.45) is 0. The topological polar surface area (TPSA) is 73.2 Å². The minimum absolute atomic E-state index is 0.0229. The maximum atomic E-state index is 12.3. The molecule has 1 aromatic carbocycles. The molecule has 0 bridgehead atoms. The summed E-state index contributed by atoms with van der Waals surface area (Å²) in [7, 11) is 1.57. The molecule has 0 fully saturated rings. The van der Waals surface area contributed by atoms with Gasteiger partial charge in [-0.05, 0) is 44.0 Å². The van der Waals surface area contributed by atoms with Gasteiger partial charge in [-0.2, -0.15) is 0 Å². The number of aryl methyl sites for hydroxylation is 3. The molecule has 0 radical (unpaired) electrons. The molecule has 118 valence electrons. The molecular weight excluding hydrogens is 282 g/mol. The fourth-order valence-corrected chi connectivity index (χ4v) is 2.27. The van der Waals surface area contributed by atoms with Gasteiger partial charge in [0.2, 0.25) is 5.91 Å². The van der Waals surface area contributed by atoms with E-state index in [-0.39, 0.29) is 18.0 Å². The molecule has 1 amide bonds. The van der Waals surface area contributed by atoms with Crippen molar-refractivity contribution in [1.82, 2.24) is 14.9 Å². The maximum Gasteiger partial charge on any atom is 0.272 e. The Hall–Kier alpha value is -2.21. The van der Waals surface area contributed by atoms with Crippen LogP contribution in [0.25, 0.3) is 11.0 Å². The molecular formula is C16H21N3O3. The van der Waals surface area contributed by atoms with Gasteiger partial charge in [0.15, 0.2) is 0 Å². The van der Waals surface area contributed by atoms with E-state index in [0.717, 1.165) is 16.6 Å². The molecule has 0 aliphatic carbocycles. The van der Waals surface area contributed by atoms with Gasteiger partial charge in [0.1, 0.15) is 12.2 Å². The van der Waals surface area contributed by atoms with E-state index in [2.05, 4.69) is 10.3 Å². The highest BCUT2D eigenvalue weighted by Gasteiger charge is 2.12. The summed E-state index contributed by atoms with van der Waals surface area (Å²) in [5.41, 5.74) is 3.73. The monoisotopic (exact) mass is 303 g/mol. The van der Waals surface area contributed by atoms with E-state index in [1.54, 1.807) is 14.0 Å². The Morgan fingerprint density at radius 1 is 1.27 bits per heavy atom. The van der Waals surface area contributed by atoms with E-state index in [9.17, 15) is 9.59 Å². The Labute approximate surface area is 129 Å². The highest BCUT2D eigenvalue weighted by Crippen LogP contribution is 2.16. The molecule has 2 aromatic rings. The van der Waals surface area contributed by atoms with Gasteiger partial charge in [0.25, 0.3) is 5.56 Å². The normalized spacial score (nSPS) is 10.9. The van der Waals surface area contributed by atoms with Gasteiger partial charge >= 0.3 is 0 Å². The number of nitrogens with one attached hydrogen (secondary N) is 1. The number of aromatic nitrogens is 2. The van der Waals surface area contributed by atoms with Crippen LogP contribution >= 0.6 is 0 Å². The Morgan fingerprint density at radius 3 is 2.64 bits per heavy atom. The smallest absolute Gasteiger partial charge is 0.272 e. The van der Waals surface area contributed by atoms with Crippen LogP contribution in [0.2, 0.25) is 0 Å². The Morgan fingerprint density at radius 2 is 1.95 bits per heavy atom. The van der Waals surface area contributed by atoms with Gasteiger partial charge in [0, 0.05) is 13.7 Å². The second-order valence-electron chi connectivity index (χ2n) is 5.36. The number of hydrogen-bond donors (Lipinski definition) is 1. The summed E-state index contributed by atoms with van der Waals surface area (Å²) < 4.78 is 6.37. The lowest BCUT2D eigenvalue weighted by atomic mass is 10.1. The van der Waals surface area contributed by atoms with E-state index in [4.69, 9.17) is 4.74 Å². The van der Waals surface area contributed by atoms with Crippen molar-refractivity contribution in [1.29, 1.82) is 0 Å². The standard InChI is InChI=1S/C16H21N3O3/c1-10-7-13-14(8-11(10)2)19(16(21)12(3)18-13)9-15(20)17-5-6-22-4/h7-8H,5-6,9H2,1-4H3,(H,17,20). The van der Waals surface area contributed by atoms with Crippen LogP contribution in [0.3, 0.4) is 0 Å². The first kappa shape index (κ1) is 16.2. The average molecular weight is 303 g/mol. The molecule has 6 heteroatoms. The van der Waals surface area contributed by atoms with Crippen molar-refractivity contribution in [2.75, 3.05) is 20.3 Å². The molecule has 1 aromatic heterocycles. The average Bonchev–Trinajstić information content (AvgIpc) is 2.47. The van der Waals surface area contributed by atoms with E-state index in [1.807, 2.05) is 26.0 Å². The van der Waals surface area contributed by atoms with Crippen molar-refractivity contribution >= 4 is 16.9 Å². The van der Waals surface area contributed by atoms with Crippen LogP contribution < -0.4 is 10.9 Å². The van der Waals surface area contributed by atoms with Gasteiger partial charge in [-0.15, -0.1) is 0 Å². The van der Waals surface area contributed by atoms with E-state index >= 15 is 0 Å². The van der Waals surface area contributed by atoms with Crippen molar-refractivity contribution < 1.29 is 9.53 Å². The number of methoxy groups -OCH3 is 1. The molecule has 0 saturated heterocycles. The van der Waals surface area contributed by atoms with E-state index < -0.39 is 0 Å². The molecule has 1 N–H and O–H groups in total. The third-order valence-corrected chi connectivity index (χ3v) is 3.65. The number of hydrogen-bond acceptors (Lipinski definition) is 4. The van der Waals surface area contributed by atoms with Gasteiger partial charge in [-0.1, -0.05) is 0 Å². The van der Waals surface area contributed by atoms with Crippen LogP contribution in [0, 0.1) is 20.8 Å². The van der Waals surface area contributed by atoms with Gasteiger partial charge in [-0.3, -0.25) is 14.2 Å². The summed E-state index contributed by atoms with van der Waals surface area (Å²) in [5.74, 6) is -0.218. The van der Waals surface area contributed by atoms with E-state index in [1.165, 1.54) is 4.57 Å². The van der Waals surface area contributed by atoms with E-state index in [0.29, 0.717) is 24.4 Å². The van der Waals surface area contributed by atoms with Crippen molar-refractivity contribution in [3.05, 3.63) is 39.3 Å². The number of carbonyl (C=O) groups is 1. The minimum Gasteiger partial charge on any atom is -0.383 e. The van der Waals surface area contributed by atoms with Crippen LogP contribution in [-0.4, -0.2) is 35.7 Å². The second-order valence-corrected chi connectivity index (χ2v) is 5.36. The summed E-state index contributed by atoms with van der Waals surface area (Å²) in [6.45, 7) is 6.47. The van der Waals surface area contributed by atoms with Crippen molar-refractivity contribution in [3.63, 3.8) is 0 Å². The maximum absolute atomic E-state index is 12.3.